The lowest BCUT2D eigenvalue weighted by molar-refractivity contribution is -0.182. The molecule has 1 N–H and O–H groups in total. The van der Waals surface area contributed by atoms with Crippen LogP contribution in [0.2, 0.25) is 0 Å². The number of alkyl halides is 3. The lowest BCUT2D eigenvalue weighted by Crippen LogP contribution is -2.39. The molecule has 2 fully saturated rings. The number of rotatable bonds is 3. The Morgan fingerprint density at radius 2 is 1.37 bits per heavy atom. The van der Waals surface area contributed by atoms with Crippen LogP contribution in [0.25, 0.3) is 0 Å². The van der Waals surface area contributed by atoms with E-state index in [4.69, 9.17) is 0 Å². The van der Waals surface area contributed by atoms with Gasteiger partial charge in [0.1, 0.15) is 0 Å². The standard InChI is InChI=1S/C15H26F3N/c16-15(17,18)13-7-9-14(10-8-13)19-11-12-5-3-1-2-4-6-12/h12-14,19H,1-11H2. The van der Waals surface area contributed by atoms with E-state index in [-0.39, 0.29) is 0 Å². The van der Waals surface area contributed by atoms with Gasteiger partial charge >= 0.3 is 6.18 Å². The van der Waals surface area contributed by atoms with E-state index >= 15 is 0 Å². The van der Waals surface area contributed by atoms with Crippen LogP contribution in [0.1, 0.15) is 64.2 Å². The number of hydrogen-bond acceptors (Lipinski definition) is 1. The van der Waals surface area contributed by atoms with Gasteiger partial charge in [0.15, 0.2) is 0 Å². The van der Waals surface area contributed by atoms with E-state index in [2.05, 4.69) is 5.32 Å². The van der Waals surface area contributed by atoms with E-state index in [0.717, 1.165) is 12.5 Å². The second-order valence-electron chi connectivity index (χ2n) is 6.36. The maximum atomic E-state index is 12.6. The number of nitrogens with one attached hydrogen (secondary N) is 1. The Kier molecular flexibility index (Phi) is 5.55. The summed E-state index contributed by atoms with van der Waals surface area (Å²) >= 11 is 0. The van der Waals surface area contributed by atoms with Gasteiger partial charge in [-0.05, 0) is 51.0 Å². The predicted octanol–water partition coefficient (Wildman–Crippen LogP) is 4.67. The highest BCUT2D eigenvalue weighted by Gasteiger charge is 2.41. The Bertz CT molecular complexity index is 249. The average molecular weight is 277 g/mol. The highest BCUT2D eigenvalue weighted by atomic mass is 19.4. The van der Waals surface area contributed by atoms with Gasteiger partial charge in [-0.3, -0.25) is 0 Å². The Labute approximate surface area is 114 Å². The molecule has 0 spiro atoms. The highest BCUT2D eigenvalue weighted by Crippen LogP contribution is 2.37. The van der Waals surface area contributed by atoms with Crippen molar-refractivity contribution in [3.8, 4) is 0 Å². The van der Waals surface area contributed by atoms with Gasteiger partial charge in [0.2, 0.25) is 0 Å². The quantitative estimate of drug-likeness (QED) is 0.739. The van der Waals surface area contributed by atoms with Gasteiger partial charge < -0.3 is 5.32 Å². The van der Waals surface area contributed by atoms with Crippen molar-refractivity contribution in [3.05, 3.63) is 0 Å². The summed E-state index contributed by atoms with van der Waals surface area (Å²) < 4.78 is 37.7. The van der Waals surface area contributed by atoms with E-state index in [1.165, 1.54) is 38.5 Å². The van der Waals surface area contributed by atoms with Crippen molar-refractivity contribution in [1.82, 2.24) is 5.32 Å². The molecule has 2 aliphatic carbocycles. The lowest BCUT2D eigenvalue weighted by Gasteiger charge is -2.31. The van der Waals surface area contributed by atoms with Crippen LogP contribution in [0, 0.1) is 11.8 Å². The predicted molar refractivity (Wildman–Crippen MR) is 71.0 cm³/mol. The normalized spacial score (nSPS) is 31.1. The van der Waals surface area contributed by atoms with Crippen molar-refractivity contribution in [2.45, 2.75) is 76.4 Å². The zero-order valence-electron chi connectivity index (χ0n) is 11.6. The molecule has 0 aliphatic heterocycles. The monoisotopic (exact) mass is 277 g/mol. The topological polar surface area (TPSA) is 12.0 Å². The van der Waals surface area contributed by atoms with E-state index in [1.54, 1.807) is 0 Å². The summed E-state index contributed by atoms with van der Waals surface area (Å²) in [6.07, 6.45) is 5.98. The van der Waals surface area contributed by atoms with Crippen molar-refractivity contribution in [3.63, 3.8) is 0 Å². The fourth-order valence-electron chi connectivity index (χ4n) is 3.53. The summed E-state index contributed by atoms with van der Waals surface area (Å²) in [4.78, 5) is 0. The second kappa shape index (κ2) is 6.96. The first kappa shape index (κ1) is 15.1. The fraction of sp³-hybridized carbons (Fsp3) is 1.00. The Balaban J connectivity index is 1.65. The minimum Gasteiger partial charge on any atom is -0.314 e. The van der Waals surface area contributed by atoms with Crippen LogP contribution in [0.15, 0.2) is 0 Å². The van der Waals surface area contributed by atoms with Gasteiger partial charge in [-0.1, -0.05) is 25.7 Å². The molecule has 2 aliphatic rings. The summed E-state index contributed by atoms with van der Waals surface area (Å²) in [6, 6.07) is 0.321. The molecule has 0 aromatic heterocycles. The summed E-state index contributed by atoms with van der Waals surface area (Å²) in [6.45, 7) is 1.02. The first-order chi connectivity index (χ1) is 9.05. The molecule has 0 aromatic rings. The van der Waals surface area contributed by atoms with Crippen molar-refractivity contribution >= 4 is 0 Å². The Hall–Kier alpha value is -0.250. The summed E-state index contributed by atoms with van der Waals surface area (Å²) in [5.41, 5.74) is 0. The summed E-state index contributed by atoms with van der Waals surface area (Å²) in [7, 11) is 0. The molecule has 0 bridgehead atoms. The fourth-order valence-corrected chi connectivity index (χ4v) is 3.53. The number of hydrogen-bond donors (Lipinski definition) is 1. The average Bonchev–Trinajstić information content (AvgIpc) is 2.64. The van der Waals surface area contributed by atoms with Crippen LogP contribution in [0.5, 0.6) is 0 Å². The van der Waals surface area contributed by atoms with Gasteiger partial charge in [0.05, 0.1) is 5.92 Å². The molecule has 0 amide bonds. The smallest absolute Gasteiger partial charge is 0.314 e. The Morgan fingerprint density at radius 1 is 0.789 bits per heavy atom. The van der Waals surface area contributed by atoms with Crippen molar-refractivity contribution in [1.29, 1.82) is 0 Å². The molecular weight excluding hydrogens is 251 g/mol. The first-order valence-corrected chi connectivity index (χ1v) is 7.86. The molecule has 4 heteroatoms. The molecule has 2 rings (SSSR count). The SMILES string of the molecule is FC(F)(F)C1CCC(NCC2CCCCCC2)CC1. The third-order valence-electron chi connectivity index (χ3n) is 4.86. The van der Waals surface area contributed by atoms with Crippen LogP contribution in [-0.4, -0.2) is 18.8 Å². The van der Waals surface area contributed by atoms with Crippen LogP contribution in [0.3, 0.4) is 0 Å². The van der Waals surface area contributed by atoms with E-state index < -0.39 is 12.1 Å². The maximum Gasteiger partial charge on any atom is 0.391 e. The molecule has 19 heavy (non-hydrogen) atoms. The molecular formula is C15H26F3N. The van der Waals surface area contributed by atoms with E-state index in [0.29, 0.717) is 31.7 Å². The minimum absolute atomic E-state index is 0.311. The highest BCUT2D eigenvalue weighted by molar-refractivity contribution is 4.81. The zero-order chi connectivity index (χ0) is 13.7. The van der Waals surface area contributed by atoms with Crippen molar-refractivity contribution in [2.75, 3.05) is 6.54 Å². The summed E-state index contributed by atoms with van der Waals surface area (Å²) in [5, 5.41) is 3.52. The van der Waals surface area contributed by atoms with Crippen LogP contribution in [-0.2, 0) is 0 Å². The van der Waals surface area contributed by atoms with Crippen LogP contribution < -0.4 is 5.32 Å². The molecule has 2 saturated carbocycles. The maximum absolute atomic E-state index is 12.6. The third kappa shape index (κ3) is 4.97. The van der Waals surface area contributed by atoms with Crippen LogP contribution >= 0.6 is 0 Å². The van der Waals surface area contributed by atoms with Gasteiger partial charge in [-0.15, -0.1) is 0 Å². The second-order valence-corrected chi connectivity index (χ2v) is 6.36. The molecule has 1 nitrogen and oxygen atoms in total. The van der Waals surface area contributed by atoms with Crippen LogP contribution in [0.4, 0.5) is 13.2 Å². The van der Waals surface area contributed by atoms with Gasteiger partial charge in [0.25, 0.3) is 0 Å². The van der Waals surface area contributed by atoms with E-state index in [9.17, 15) is 13.2 Å². The molecule has 0 heterocycles. The molecule has 0 saturated heterocycles. The zero-order valence-corrected chi connectivity index (χ0v) is 11.6. The molecule has 0 radical (unpaired) electrons. The van der Waals surface area contributed by atoms with Crippen molar-refractivity contribution in [2.24, 2.45) is 11.8 Å². The Morgan fingerprint density at radius 3 is 1.89 bits per heavy atom. The van der Waals surface area contributed by atoms with Crippen molar-refractivity contribution < 1.29 is 13.2 Å². The molecule has 0 unspecified atom stereocenters. The largest absolute Gasteiger partial charge is 0.391 e. The minimum atomic E-state index is -3.98. The van der Waals surface area contributed by atoms with Gasteiger partial charge in [-0.25, -0.2) is 0 Å². The summed E-state index contributed by atoms with van der Waals surface area (Å²) in [5.74, 6) is -0.300. The molecule has 0 atom stereocenters. The third-order valence-corrected chi connectivity index (χ3v) is 4.86. The molecule has 112 valence electrons. The number of halogens is 3. The van der Waals surface area contributed by atoms with Gasteiger partial charge in [-0.2, -0.15) is 13.2 Å². The van der Waals surface area contributed by atoms with Gasteiger partial charge in [0, 0.05) is 6.04 Å². The molecule has 0 aromatic carbocycles. The first-order valence-electron chi connectivity index (χ1n) is 7.86. The lowest BCUT2D eigenvalue weighted by atomic mass is 9.85. The van der Waals surface area contributed by atoms with E-state index in [1.807, 2.05) is 0 Å².